The molecule has 2 amide bonds. The fourth-order valence-corrected chi connectivity index (χ4v) is 3.32. The Bertz CT molecular complexity index is 851. The zero-order chi connectivity index (χ0) is 20.8. The summed E-state index contributed by atoms with van der Waals surface area (Å²) < 4.78 is 11.2. The zero-order valence-corrected chi connectivity index (χ0v) is 17.2. The van der Waals surface area contributed by atoms with E-state index in [1.54, 1.807) is 12.1 Å². The molecule has 0 radical (unpaired) electrons. The molecular formula is C23H28N2O4. The van der Waals surface area contributed by atoms with Gasteiger partial charge in [-0.15, -0.1) is 0 Å². The van der Waals surface area contributed by atoms with Crippen molar-refractivity contribution in [1.82, 2.24) is 4.90 Å². The van der Waals surface area contributed by atoms with Gasteiger partial charge in [-0.3, -0.25) is 10.1 Å². The number of nitrogens with zero attached hydrogens (tertiary/aromatic N) is 1. The minimum atomic E-state index is -0.523. The summed E-state index contributed by atoms with van der Waals surface area (Å²) in [7, 11) is 0. The van der Waals surface area contributed by atoms with E-state index >= 15 is 0 Å². The highest BCUT2D eigenvalue weighted by Gasteiger charge is 2.30. The van der Waals surface area contributed by atoms with Crippen LogP contribution in [0.3, 0.4) is 0 Å². The lowest BCUT2D eigenvalue weighted by molar-refractivity contribution is -0.139. The quantitative estimate of drug-likeness (QED) is 0.775. The van der Waals surface area contributed by atoms with Gasteiger partial charge in [0.25, 0.3) is 5.91 Å². The highest BCUT2D eigenvalue weighted by Crippen LogP contribution is 2.30. The third-order valence-corrected chi connectivity index (χ3v) is 4.69. The van der Waals surface area contributed by atoms with Gasteiger partial charge in [-0.05, 0) is 36.1 Å². The highest BCUT2D eigenvalue weighted by molar-refractivity contribution is 5.85. The van der Waals surface area contributed by atoms with Crippen molar-refractivity contribution >= 4 is 17.7 Å². The molecular weight excluding hydrogens is 368 g/mol. The molecule has 0 aliphatic carbocycles. The second-order valence-electron chi connectivity index (χ2n) is 7.64. The number of ether oxygens (including phenoxy) is 2. The third-order valence-electron chi connectivity index (χ3n) is 4.69. The van der Waals surface area contributed by atoms with Gasteiger partial charge in [0, 0.05) is 24.3 Å². The number of hydrogen-bond acceptors (Lipinski definition) is 4. The predicted octanol–water partition coefficient (Wildman–Crippen LogP) is 4.59. The Labute approximate surface area is 171 Å². The van der Waals surface area contributed by atoms with Crippen LogP contribution in [0.4, 0.5) is 10.5 Å². The SMILES string of the molecule is CCC1Oc2ccc(NC(=O)OCc3ccccc3)cc2CN(CC(C)C)C1=O. The van der Waals surface area contributed by atoms with Crippen LogP contribution in [0.15, 0.2) is 48.5 Å². The van der Waals surface area contributed by atoms with Gasteiger partial charge >= 0.3 is 6.09 Å². The van der Waals surface area contributed by atoms with Gasteiger partial charge in [0.15, 0.2) is 6.10 Å². The van der Waals surface area contributed by atoms with Crippen LogP contribution in [0, 0.1) is 5.92 Å². The summed E-state index contributed by atoms with van der Waals surface area (Å²) in [6.45, 7) is 7.44. The first-order valence-electron chi connectivity index (χ1n) is 10.0. The Morgan fingerprint density at radius 1 is 1.24 bits per heavy atom. The van der Waals surface area contributed by atoms with E-state index in [-0.39, 0.29) is 12.5 Å². The first-order chi connectivity index (χ1) is 14.0. The first kappa shape index (κ1) is 20.7. The molecule has 29 heavy (non-hydrogen) atoms. The van der Waals surface area contributed by atoms with Crippen molar-refractivity contribution in [2.24, 2.45) is 5.92 Å². The van der Waals surface area contributed by atoms with Crippen molar-refractivity contribution in [3.63, 3.8) is 0 Å². The number of hydrogen-bond donors (Lipinski definition) is 1. The number of rotatable bonds is 6. The third kappa shape index (κ3) is 5.50. The molecule has 0 fully saturated rings. The molecule has 6 heteroatoms. The molecule has 0 saturated carbocycles. The van der Waals surface area contributed by atoms with Crippen molar-refractivity contribution in [3.8, 4) is 5.75 Å². The minimum absolute atomic E-state index is 0.00850. The van der Waals surface area contributed by atoms with Crippen LogP contribution in [-0.4, -0.2) is 29.5 Å². The van der Waals surface area contributed by atoms with Crippen LogP contribution in [0.5, 0.6) is 5.75 Å². The monoisotopic (exact) mass is 396 g/mol. The van der Waals surface area contributed by atoms with E-state index in [0.29, 0.717) is 36.9 Å². The molecule has 0 bridgehead atoms. The summed E-state index contributed by atoms with van der Waals surface area (Å²) in [4.78, 5) is 26.8. The van der Waals surface area contributed by atoms with E-state index < -0.39 is 12.2 Å². The normalized spacial score (nSPS) is 16.1. The first-order valence-corrected chi connectivity index (χ1v) is 10.0. The lowest BCUT2D eigenvalue weighted by Gasteiger charge is -2.24. The van der Waals surface area contributed by atoms with E-state index in [4.69, 9.17) is 9.47 Å². The molecule has 0 aromatic heterocycles. The molecule has 0 spiro atoms. The van der Waals surface area contributed by atoms with Gasteiger partial charge in [-0.2, -0.15) is 0 Å². The Morgan fingerprint density at radius 3 is 2.69 bits per heavy atom. The van der Waals surface area contributed by atoms with Crippen LogP contribution in [0.25, 0.3) is 0 Å². The molecule has 1 aliphatic heterocycles. The number of nitrogens with one attached hydrogen (secondary N) is 1. The smallest absolute Gasteiger partial charge is 0.411 e. The van der Waals surface area contributed by atoms with E-state index in [0.717, 1.165) is 11.1 Å². The van der Waals surface area contributed by atoms with Crippen molar-refractivity contribution in [1.29, 1.82) is 0 Å². The Kier molecular flexibility index (Phi) is 6.75. The Hall–Kier alpha value is -3.02. The average molecular weight is 396 g/mol. The van der Waals surface area contributed by atoms with Crippen LogP contribution in [0.2, 0.25) is 0 Å². The topological polar surface area (TPSA) is 67.9 Å². The summed E-state index contributed by atoms with van der Waals surface area (Å²) >= 11 is 0. The molecule has 0 saturated heterocycles. The fourth-order valence-electron chi connectivity index (χ4n) is 3.32. The van der Waals surface area contributed by atoms with Crippen molar-refractivity contribution < 1.29 is 19.1 Å². The molecule has 1 N–H and O–H groups in total. The highest BCUT2D eigenvalue weighted by atomic mass is 16.5. The lowest BCUT2D eigenvalue weighted by Crippen LogP contribution is -2.41. The van der Waals surface area contributed by atoms with Gasteiger partial charge in [0.1, 0.15) is 12.4 Å². The molecule has 154 valence electrons. The number of amides is 2. The maximum absolute atomic E-state index is 12.8. The summed E-state index contributed by atoms with van der Waals surface area (Å²) in [6.07, 6.45) is -0.395. The van der Waals surface area contributed by atoms with Gasteiger partial charge in [-0.25, -0.2) is 4.79 Å². The van der Waals surface area contributed by atoms with Gasteiger partial charge in [0.2, 0.25) is 0 Å². The molecule has 3 rings (SSSR count). The van der Waals surface area contributed by atoms with E-state index in [1.807, 2.05) is 48.2 Å². The molecule has 1 aliphatic rings. The van der Waals surface area contributed by atoms with Crippen LogP contribution < -0.4 is 10.1 Å². The predicted molar refractivity (Wildman–Crippen MR) is 112 cm³/mol. The standard InChI is InChI=1S/C23H28N2O4/c1-4-20-22(26)25(13-16(2)3)14-18-12-19(10-11-21(18)29-20)24-23(27)28-15-17-8-6-5-7-9-17/h5-12,16,20H,4,13-15H2,1-3H3,(H,24,27). The maximum Gasteiger partial charge on any atom is 0.411 e. The number of anilines is 1. The van der Waals surface area contributed by atoms with Crippen LogP contribution in [0.1, 0.15) is 38.3 Å². The summed E-state index contributed by atoms with van der Waals surface area (Å²) in [5, 5.41) is 2.75. The van der Waals surface area contributed by atoms with Gasteiger partial charge in [0.05, 0.1) is 0 Å². The van der Waals surface area contributed by atoms with Gasteiger partial charge < -0.3 is 14.4 Å². The summed E-state index contributed by atoms with van der Waals surface area (Å²) in [5.41, 5.74) is 2.40. The molecule has 2 aromatic carbocycles. The van der Waals surface area contributed by atoms with Gasteiger partial charge in [-0.1, -0.05) is 51.1 Å². The van der Waals surface area contributed by atoms with Crippen LogP contribution in [-0.2, 0) is 22.7 Å². The Balaban J connectivity index is 1.70. The van der Waals surface area contributed by atoms with E-state index in [1.165, 1.54) is 0 Å². The second kappa shape index (κ2) is 9.45. The van der Waals surface area contributed by atoms with Crippen molar-refractivity contribution in [2.45, 2.75) is 46.4 Å². The molecule has 1 heterocycles. The number of fused-ring (bicyclic) bond motifs is 1. The maximum atomic E-state index is 12.8. The van der Waals surface area contributed by atoms with E-state index in [9.17, 15) is 9.59 Å². The Morgan fingerprint density at radius 2 is 2.00 bits per heavy atom. The number of benzene rings is 2. The minimum Gasteiger partial charge on any atom is -0.480 e. The van der Waals surface area contributed by atoms with Crippen LogP contribution >= 0.6 is 0 Å². The van der Waals surface area contributed by atoms with Crippen molar-refractivity contribution in [3.05, 3.63) is 59.7 Å². The summed E-state index contributed by atoms with van der Waals surface area (Å²) in [5.74, 6) is 1.04. The number of carbonyl (C=O) groups excluding carboxylic acids is 2. The number of carbonyl (C=O) groups is 2. The lowest BCUT2D eigenvalue weighted by atomic mass is 10.1. The zero-order valence-electron chi connectivity index (χ0n) is 17.2. The molecule has 1 unspecified atom stereocenters. The largest absolute Gasteiger partial charge is 0.480 e. The second-order valence-corrected chi connectivity index (χ2v) is 7.64. The average Bonchev–Trinajstić information content (AvgIpc) is 2.83. The summed E-state index contributed by atoms with van der Waals surface area (Å²) in [6, 6.07) is 14.9. The molecule has 1 atom stereocenters. The van der Waals surface area contributed by atoms with Crippen molar-refractivity contribution in [2.75, 3.05) is 11.9 Å². The van der Waals surface area contributed by atoms with E-state index in [2.05, 4.69) is 19.2 Å². The molecule has 2 aromatic rings. The molecule has 6 nitrogen and oxygen atoms in total. The fraction of sp³-hybridized carbons (Fsp3) is 0.391.